The lowest BCUT2D eigenvalue weighted by atomic mass is 10.2. The molecule has 3 heterocycles. The molecule has 0 saturated carbocycles. The molecule has 0 radical (unpaired) electrons. The Morgan fingerprint density at radius 3 is 2.67 bits per heavy atom. The third-order valence-electron chi connectivity index (χ3n) is 4.03. The minimum atomic E-state index is 0.142. The van der Waals surface area contributed by atoms with Gasteiger partial charge in [-0.2, -0.15) is 5.10 Å². The maximum Gasteiger partial charge on any atom is 0.196 e. The van der Waals surface area contributed by atoms with Gasteiger partial charge in [0.15, 0.2) is 22.5 Å². The van der Waals surface area contributed by atoms with Crippen molar-refractivity contribution in [1.29, 1.82) is 0 Å². The van der Waals surface area contributed by atoms with Gasteiger partial charge >= 0.3 is 0 Å². The topological polar surface area (TPSA) is 68.9 Å². The molecule has 0 saturated heterocycles. The normalized spacial score (nSPS) is 12.1. The van der Waals surface area contributed by atoms with Gasteiger partial charge in [-0.15, -0.1) is 0 Å². The van der Waals surface area contributed by atoms with Crippen molar-refractivity contribution in [2.24, 2.45) is 0 Å². The molecular formula is C17H23ClN4O2. The summed E-state index contributed by atoms with van der Waals surface area (Å²) in [5, 5.41) is 5.05. The van der Waals surface area contributed by atoms with Gasteiger partial charge in [0.2, 0.25) is 0 Å². The SMILES string of the molecule is CCC(CC)n1nc(COC(C)C)nc1-c1cc2oc(Cl)cc2[nH]1. The van der Waals surface area contributed by atoms with Crippen LogP contribution in [0.3, 0.4) is 0 Å². The minimum Gasteiger partial charge on any atom is -0.443 e. The number of aromatic amines is 1. The number of halogens is 1. The fourth-order valence-corrected chi connectivity index (χ4v) is 2.95. The number of fused-ring (bicyclic) bond motifs is 1. The number of H-pyrrole nitrogens is 1. The van der Waals surface area contributed by atoms with Gasteiger partial charge in [-0.3, -0.25) is 0 Å². The van der Waals surface area contributed by atoms with Crippen LogP contribution in [0.4, 0.5) is 0 Å². The summed E-state index contributed by atoms with van der Waals surface area (Å²) in [6, 6.07) is 3.97. The van der Waals surface area contributed by atoms with Crippen LogP contribution in [0.25, 0.3) is 22.6 Å². The van der Waals surface area contributed by atoms with Crippen molar-refractivity contribution in [3.05, 3.63) is 23.2 Å². The van der Waals surface area contributed by atoms with E-state index in [-0.39, 0.29) is 6.10 Å². The van der Waals surface area contributed by atoms with E-state index in [4.69, 9.17) is 20.8 Å². The average molecular weight is 351 g/mol. The van der Waals surface area contributed by atoms with Crippen molar-refractivity contribution >= 4 is 22.7 Å². The number of hydrogen-bond acceptors (Lipinski definition) is 4. The number of hydrogen-bond donors (Lipinski definition) is 1. The van der Waals surface area contributed by atoms with Crippen molar-refractivity contribution in [2.45, 2.75) is 59.3 Å². The number of nitrogens with one attached hydrogen (secondary N) is 1. The zero-order valence-corrected chi connectivity index (χ0v) is 15.2. The molecule has 3 aromatic heterocycles. The highest BCUT2D eigenvalue weighted by molar-refractivity contribution is 6.29. The van der Waals surface area contributed by atoms with E-state index in [0.717, 1.165) is 29.9 Å². The number of aromatic nitrogens is 4. The highest BCUT2D eigenvalue weighted by Gasteiger charge is 2.20. The van der Waals surface area contributed by atoms with Gasteiger partial charge in [0.25, 0.3) is 0 Å². The fraction of sp³-hybridized carbons (Fsp3) is 0.529. The Balaban J connectivity index is 2.00. The van der Waals surface area contributed by atoms with Crippen molar-refractivity contribution in [3.63, 3.8) is 0 Å². The second-order valence-electron chi connectivity index (χ2n) is 6.14. The Labute approximate surface area is 146 Å². The van der Waals surface area contributed by atoms with Crippen LogP contribution in [0.2, 0.25) is 5.22 Å². The maximum absolute atomic E-state index is 5.89. The summed E-state index contributed by atoms with van der Waals surface area (Å²) >= 11 is 5.89. The monoisotopic (exact) mass is 350 g/mol. The lowest BCUT2D eigenvalue weighted by Crippen LogP contribution is -2.11. The number of nitrogens with zero attached hydrogens (tertiary/aromatic N) is 3. The Hall–Kier alpha value is -1.79. The molecule has 0 atom stereocenters. The Morgan fingerprint density at radius 1 is 1.29 bits per heavy atom. The Bertz CT molecular complexity index is 782. The van der Waals surface area contributed by atoms with E-state index in [2.05, 4.69) is 28.9 Å². The molecule has 0 aliphatic carbocycles. The predicted molar refractivity (Wildman–Crippen MR) is 94.1 cm³/mol. The first-order valence-corrected chi connectivity index (χ1v) is 8.75. The van der Waals surface area contributed by atoms with E-state index in [1.54, 1.807) is 6.07 Å². The van der Waals surface area contributed by atoms with Crippen molar-refractivity contribution < 1.29 is 9.15 Å². The van der Waals surface area contributed by atoms with Crippen LogP contribution in [0.5, 0.6) is 0 Å². The van der Waals surface area contributed by atoms with Crippen LogP contribution in [0.15, 0.2) is 16.5 Å². The van der Waals surface area contributed by atoms with E-state index in [1.807, 2.05) is 24.6 Å². The average Bonchev–Trinajstić information content (AvgIpc) is 3.19. The lowest BCUT2D eigenvalue weighted by Gasteiger charge is -2.14. The van der Waals surface area contributed by atoms with Crippen molar-refractivity contribution in [3.8, 4) is 11.5 Å². The molecule has 24 heavy (non-hydrogen) atoms. The molecule has 0 aliphatic heterocycles. The predicted octanol–water partition coefficient (Wildman–Crippen LogP) is 4.96. The first-order chi connectivity index (χ1) is 11.5. The summed E-state index contributed by atoms with van der Waals surface area (Å²) in [6.45, 7) is 8.72. The molecule has 0 unspecified atom stereocenters. The third-order valence-corrected chi connectivity index (χ3v) is 4.21. The van der Waals surface area contributed by atoms with Gasteiger partial charge in [-0.1, -0.05) is 13.8 Å². The van der Waals surface area contributed by atoms with Crippen LogP contribution < -0.4 is 0 Å². The van der Waals surface area contributed by atoms with Crippen LogP contribution in [0.1, 0.15) is 52.4 Å². The molecule has 0 amide bonds. The summed E-state index contributed by atoms with van der Waals surface area (Å²) in [6.07, 6.45) is 2.11. The number of furan rings is 1. The zero-order valence-electron chi connectivity index (χ0n) is 14.5. The van der Waals surface area contributed by atoms with Crippen molar-refractivity contribution in [2.75, 3.05) is 0 Å². The molecule has 0 bridgehead atoms. The van der Waals surface area contributed by atoms with Gasteiger partial charge in [-0.05, 0) is 38.3 Å². The minimum absolute atomic E-state index is 0.142. The van der Waals surface area contributed by atoms with Crippen LogP contribution in [-0.4, -0.2) is 25.9 Å². The molecule has 0 fully saturated rings. The summed E-state index contributed by atoms with van der Waals surface area (Å²) in [4.78, 5) is 8.00. The molecule has 3 rings (SSSR count). The highest BCUT2D eigenvalue weighted by atomic mass is 35.5. The molecule has 0 aromatic carbocycles. The van der Waals surface area contributed by atoms with E-state index in [1.165, 1.54) is 0 Å². The second kappa shape index (κ2) is 6.99. The van der Waals surface area contributed by atoms with Gasteiger partial charge in [0.1, 0.15) is 6.61 Å². The quantitative estimate of drug-likeness (QED) is 0.653. The molecular weight excluding hydrogens is 328 g/mol. The molecule has 3 aromatic rings. The lowest BCUT2D eigenvalue weighted by molar-refractivity contribution is 0.0611. The zero-order chi connectivity index (χ0) is 17.3. The molecule has 0 spiro atoms. The highest BCUT2D eigenvalue weighted by Crippen LogP contribution is 2.30. The standard InChI is InChI=1S/C17H23ClN4O2/c1-5-11(6-2)22-17(20-16(21-22)9-23-10(3)4)13-7-14-12(19-13)8-15(18)24-14/h7-8,10-11,19H,5-6,9H2,1-4H3. The van der Waals surface area contributed by atoms with Gasteiger partial charge in [0, 0.05) is 12.1 Å². The molecule has 6 nitrogen and oxygen atoms in total. The molecule has 7 heteroatoms. The first-order valence-electron chi connectivity index (χ1n) is 8.37. The second-order valence-corrected chi connectivity index (χ2v) is 6.51. The van der Waals surface area contributed by atoms with Crippen LogP contribution in [-0.2, 0) is 11.3 Å². The summed E-state index contributed by atoms with van der Waals surface area (Å²) < 4.78 is 13.1. The maximum atomic E-state index is 5.89. The fourth-order valence-electron chi connectivity index (χ4n) is 2.75. The largest absolute Gasteiger partial charge is 0.443 e. The Morgan fingerprint density at radius 2 is 2.04 bits per heavy atom. The first kappa shape index (κ1) is 17.0. The van der Waals surface area contributed by atoms with Crippen LogP contribution in [0, 0.1) is 0 Å². The number of rotatable bonds is 7. The van der Waals surface area contributed by atoms with E-state index in [0.29, 0.717) is 29.3 Å². The molecule has 130 valence electrons. The Kier molecular flexibility index (Phi) is 4.96. The van der Waals surface area contributed by atoms with Crippen LogP contribution >= 0.6 is 11.6 Å². The summed E-state index contributed by atoms with van der Waals surface area (Å²) in [5.41, 5.74) is 2.44. The van der Waals surface area contributed by atoms with Gasteiger partial charge in [0.05, 0.1) is 23.4 Å². The summed E-state index contributed by atoms with van der Waals surface area (Å²) in [5.74, 6) is 1.49. The number of ether oxygens (including phenoxy) is 1. The van der Waals surface area contributed by atoms with E-state index >= 15 is 0 Å². The smallest absolute Gasteiger partial charge is 0.196 e. The van der Waals surface area contributed by atoms with Gasteiger partial charge < -0.3 is 14.1 Å². The third kappa shape index (κ3) is 3.35. The van der Waals surface area contributed by atoms with E-state index < -0.39 is 0 Å². The summed E-state index contributed by atoms with van der Waals surface area (Å²) in [7, 11) is 0. The van der Waals surface area contributed by atoms with Gasteiger partial charge in [-0.25, -0.2) is 9.67 Å². The van der Waals surface area contributed by atoms with Crippen molar-refractivity contribution in [1.82, 2.24) is 19.7 Å². The molecule has 1 N–H and O–H groups in total. The molecule has 0 aliphatic rings. The van der Waals surface area contributed by atoms with E-state index in [9.17, 15) is 0 Å².